The highest BCUT2D eigenvalue weighted by Gasteiger charge is 2.33. The fraction of sp³-hybridized carbons (Fsp3) is 0.500. The molecule has 0 radical (unpaired) electrons. The van der Waals surface area contributed by atoms with Gasteiger partial charge >= 0.3 is 0 Å². The Morgan fingerprint density at radius 1 is 1.36 bits per heavy atom. The van der Waals surface area contributed by atoms with Crippen LogP contribution in [0.25, 0.3) is 0 Å². The first-order valence-corrected chi connectivity index (χ1v) is 7.32. The van der Waals surface area contributed by atoms with E-state index in [9.17, 15) is 14.7 Å². The Balaban J connectivity index is 2.02. The fourth-order valence-electron chi connectivity index (χ4n) is 2.44. The number of morpholine rings is 1. The van der Waals surface area contributed by atoms with Crippen molar-refractivity contribution in [3.8, 4) is 0 Å². The molecule has 6 nitrogen and oxygen atoms in total. The van der Waals surface area contributed by atoms with E-state index in [0.717, 1.165) is 0 Å². The monoisotopic (exact) mass is 306 g/mol. The lowest BCUT2D eigenvalue weighted by Gasteiger charge is -2.39. The van der Waals surface area contributed by atoms with E-state index in [1.165, 1.54) is 0 Å². The maximum absolute atomic E-state index is 12.5. The first kappa shape index (κ1) is 16.5. The van der Waals surface area contributed by atoms with Gasteiger partial charge in [0.25, 0.3) is 5.91 Å². The Morgan fingerprint density at radius 3 is 2.64 bits per heavy atom. The summed E-state index contributed by atoms with van der Waals surface area (Å²) in [4.78, 5) is 26.2. The van der Waals surface area contributed by atoms with Crippen LogP contribution in [0.5, 0.6) is 0 Å². The molecule has 22 heavy (non-hydrogen) atoms. The zero-order valence-electron chi connectivity index (χ0n) is 12.9. The quantitative estimate of drug-likeness (QED) is 0.845. The summed E-state index contributed by atoms with van der Waals surface area (Å²) in [5.41, 5.74) is 0.0354. The van der Waals surface area contributed by atoms with Gasteiger partial charge in [0.15, 0.2) is 0 Å². The Labute approximate surface area is 130 Å². The first-order valence-electron chi connectivity index (χ1n) is 7.32. The van der Waals surface area contributed by atoms with Gasteiger partial charge in [-0.05, 0) is 26.0 Å². The number of aliphatic hydroxyl groups is 1. The van der Waals surface area contributed by atoms with Crippen molar-refractivity contribution in [2.45, 2.75) is 25.5 Å². The number of nitrogens with one attached hydrogen (secondary N) is 1. The predicted molar refractivity (Wildman–Crippen MR) is 81.4 cm³/mol. The van der Waals surface area contributed by atoms with Crippen LogP contribution in [0.2, 0.25) is 0 Å². The van der Waals surface area contributed by atoms with E-state index in [1.807, 2.05) is 13.8 Å². The summed E-state index contributed by atoms with van der Waals surface area (Å²) in [7, 11) is 0. The minimum atomic E-state index is -0.943. The second kappa shape index (κ2) is 6.89. The summed E-state index contributed by atoms with van der Waals surface area (Å²) in [6, 6.07) is 7.67. The van der Waals surface area contributed by atoms with Crippen LogP contribution >= 0.6 is 0 Å². The van der Waals surface area contributed by atoms with Gasteiger partial charge in [0.2, 0.25) is 5.91 Å². The molecule has 1 saturated heterocycles. The number of rotatable bonds is 4. The minimum Gasteiger partial charge on any atom is -0.394 e. The van der Waals surface area contributed by atoms with Gasteiger partial charge < -0.3 is 20.1 Å². The Kier molecular flexibility index (Phi) is 5.15. The Morgan fingerprint density at radius 2 is 2.05 bits per heavy atom. The van der Waals surface area contributed by atoms with Crippen LogP contribution in [0.1, 0.15) is 24.2 Å². The molecule has 1 aromatic carbocycles. The number of carbonyl (C=O) groups excluding carboxylic acids is 2. The minimum absolute atomic E-state index is 0.289. The molecule has 1 atom stereocenters. The Hall–Kier alpha value is -1.92. The largest absolute Gasteiger partial charge is 0.394 e. The molecule has 120 valence electrons. The van der Waals surface area contributed by atoms with Crippen molar-refractivity contribution in [3.05, 3.63) is 35.9 Å². The van der Waals surface area contributed by atoms with E-state index in [0.29, 0.717) is 25.3 Å². The molecular formula is C16H22N2O4. The van der Waals surface area contributed by atoms with Crippen molar-refractivity contribution in [2.75, 3.05) is 26.3 Å². The number of hydrogen-bond donors (Lipinski definition) is 2. The third kappa shape index (κ3) is 4.05. The van der Waals surface area contributed by atoms with Crippen molar-refractivity contribution in [2.24, 2.45) is 0 Å². The summed E-state index contributed by atoms with van der Waals surface area (Å²) in [6.45, 7) is 4.72. The van der Waals surface area contributed by atoms with Crippen LogP contribution in [0.4, 0.5) is 0 Å². The molecule has 0 bridgehead atoms. The third-order valence-corrected chi connectivity index (χ3v) is 3.56. The smallest absolute Gasteiger partial charge is 0.251 e. The summed E-state index contributed by atoms with van der Waals surface area (Å²) < 4.78 is 5.57. The van der Waals surface area contributed by atoms with Crippen LogP contribution in [-0.2, 0) is 9.53 Å². The number of carbonyl (C=O) groups is 2. The van der Waals surface area contributed by atoms with Gasteiger partial charge in [-0.25, -0.2) is 0 Å². The van der Waals surface area contributed by atoms with Crippen LogP contribution in [0.15, 0.2) is 30.3 Å². The molecule has 0 aliphatic carbocycles. The van der Waals surface area contributed by atoms with E-state index < -0.39 is 18.2 Å². The first-order chi connectivity index (χ1) is 10.4. The topological polar surface area (TPSA) is 78.9 Å². The van der Waals surface area contributed by atoms with Crippen molar-refractivity contribution >= 4 is 11.8 Å². The van der Waals surface area contributed by atoms with Crippen molar-refractivity contribution in [1.29, 1.82) is 0 Å². The normalized spacial score (nSPS) is 18.6. The molecule has 1 fully saturated rings. The standard InChI is InChI=1S/C16H22N2O4/c1-16(2)11-18(8-9-22-16)15(21)13(10-19)17-14(20)12-6-4-3-5-7-12/h3-7,13,19H,8-11H2,1-2H3,(H,17,20)/t13-/m1/s1. The molecule has 0 aromatic heterocycles. The number of ether oxygens (including phenoxy) is 1. The number of benzene rings is 1. The van der Waals surface area contributed by atoms with E-state index in [1.54, 1.807) is 35.2 Å². The van der Waals surface area contributed by atoms with Gasteiger partial charge in [-0.3, -0.25) is 9.59 Å². The van der Waals surface area contributed by atoms with Crippen LogP contribution in [0.3, 0.4) is 0 Å². The number of aliphatic hydroxyl groups excluding tert-OH is 1. The van der Waals surface area contributed by atoms with Crippen molar-refractivity contribution in [3.63, 3.8) is 0 Å². The van der Waals surface area contributed by atoms with Gasteiger partial charge in [0.05, 0.1) is 18.8 Å². The number of amides is 2. The van der Waals surface area contributed by atoms with Crippen LogP contribution in [-0.4, -0.2) is 59.8 Å². The van der Waals surface area contributed by atoms with Crippen LogP contribution < -0.4 is 5.32 Å². The summed E-state index contributed by atoms with van der Waals surface area (Å²) in [5.74, 6) is -0.663. The molecule has 1 heterocycles. The lowest BCUT2D eigenvalue weighted by atomic mass is 10.1. The SMILES string of the molecule is CC1(C)CN(C(=O)[C@@H](CO)NC(=O)c2ccccc2)CCO1. The molecule has 0 unspecified atom stereocenters. The number of hydrogen-bond acceptors (Lipinski definition) is 4. The van der Waals surface area contributed by atoms with Gasteiger partial charge in [0.1, 0.15) is 6.04 Å². The molecular weight excluding hydrogens is 284 g/mol. The molecule has 0 saturated carbocycles. The third-order valence-electron chi connectivity index (χ3n) is 3.56. The maximum Gasteiger partial charge on any atom is 0.251 e. The van der Waals surface area contributed by atoms with Crippen molar-refractivity contribution < 1.29 is 19.4 Å². The average molecular weight is 306 g/mol. The predicted octanol–water partition coefficient (Wildman–Crippen LogP) is 0.415. The molecule has 2 amide bonds. The van der Waals surface area contributed by atoms with Gasteiger partial charge in [-0.15, -0.1) is 0 Å². The van der Waals surface area contributed by atoms with Gasteiger partial charge in [-0.1, -0.05) is 18.2 Å². The molecule has 1 aliphatic heterocycles. The molecule has 1 aromatic rings. The lowest BCUT2D eigenvalue weighted by molar-refractivity contribution is -0.148. The molecule has 1 aliphatic rings. The zero-order valence-corrected chi connectivity index (χ0v) is 12.9. The molecule has 2 N–H and O–H groups in total. The molecule has 2 rings (SSSR count). The van der Waals surface area contributed by atoms with E-state index >= 15 is 0 Å². The highest BCUT2D eigenvalue weighted by atomic mass is 16.5. The molecule has 0 spiro atoms. The lowest BCUT2D eigenvalue weighted by Crippen LogP contribution is -2.57. The molecule has 6 heteroatoms. The summed E-state index contributed by atoms with van der Waals surface area (Å²) in [6.07, 6.45) is 0. The van der Waals surface area contributed by atoms with E-state index in [2.05, 4.69) is 5.32 Å². The second-order valence-corrected chi connectivity index (χ2v) is 5.94. The summed E-state index contributed by atoms with van der Waals surface area (Å²) in [5, 5.41) is 12.0. The Bertz CT molecular complexity index is 530. The number of nitrogens with zero attached hydrogens (tertiary/aromatic N) is 1. The van der Waals surface area contributed by atoms with Crippen molar-refractivity contribution in [1.82, 2.24) is 10.2 Å². The van der Waals surface area contributed by atoms with Gasteiger partial charge in [0, 0.05) is 18.7 Å². The summed E-state index contributed by atoms with van der Waals surface area (Å²) >= 11 is 0. The highest BCUT2D eigenvalue weighted by molar-refractivity contribution is 5.97. The van der Waals surface area contributed by atoms with E-state index in [4.69, 9.17) is 4.74 Å². The fourth-order valence-corrected chi connectivity index (χ4v) is 2.44. The van der Waals surface area contributed by atoms with Gasteiger partial charge in [-0.2, -0.15) is 0 Å². The maximum atomic E-state index is 12.5. The highest BCUT2D eigenvalue weighted by Crippen LogP contribution is 2.17. The van der Waals surface area contributed by atoms with E-state index in [-0.39, 0.29) is 11.8 Å². The average Bonchev–Trinajstić information content (AvgIpc) is 2.51. The van der Waals surface area contributed by atoms with Crippen LogP contribution in [0, 0.1) is 0 Å². The second-order valence-electron chi connectivity index (χ2n) is 5.94. The zero-order chi connectivity index (χ0) is 16.2.